The van der Waals surface area contributed by atoms with Crippen molar-refractivity contribution in [2.45, 2.75) is 32.2 Å². The Hall–Kier alpha value is -0.870. The van der Waals surface area contributed by atoms with Gasteiger partial charge in [-0.3, -0.25) is 4.68 Å². The van der Waals surface area contributed by atoms with Crippen molar-refractivity contribution in [3.8, 4) is 0 Å². The highest BCUT2D eigenvalue weighted by atomic mass is 16.5. The van der Waals surface area contributed by atoms with E-state index in [9.17, 15) is 0 Å². The predicted molar refractivity (Wildman–Crippen MR) is 63.5 cm³/mol. The van der Waals surface area contributed by atoms with Gasteiger partial charge in [0.2, 0.25) is 0 Å². The molecular weight excluding hydrogens is 202 g/mol. The molecule has 4 nitrogen and oxygen atoms in total. The maximum absolute atomic E-state index is 5.41. The van der Waals surface area contributed by atoms with Gasteiger partial charge in [0.25, 0.3) is 0 Å². The molecule has 0 aromatic carbocycles. The van der Waals surface area contributed by atoms with Crippen LogP contribution in [0.3, 0.4) is 0 Å². The second-order valence-corrected chi connectivity index (χ2v) is 4.50. The Balaban J connectivity index is 2.24. The summed E-state index contributed by atoms with van der Waals surface area (Å²) in [6.45, 7) is 4.81. The molecule has 2 heterocycles. The van der Waals surface area contributed by atoms with Gasteiger partial charge in [0, 0.05) is 38.4 Å². The molecule has 90 valence electrons. The van der Waals surface area contributed by atoms with Crippen molar-refractivity contribution in [2.24, 2.45) is 7.05 Å². The van der Waals surface area contributed by atoms with Crippen LogP contribution in [0.25, 0.3) is 0 Å². The van der Waals surface area contributed by atoms with Gasteiger partial charge in [-0.1, -0.05) is 0 Å². The highest BCUT2D eigenvalue weighted by Gasteiger charge is 2.23. The first kappa shape index (κ1) is 11.6. The quantitative estimate of drug-likeness (QED) is 0.840. The predicted octanol–water partition coefficient (Wildman–Crippen LogP) is 1.34. The van der Waals surface area contributed by atoms with E-state index in [0.29, 0.717) is 5.92 Å². The van der Waals surface area contributed by atoms with E-state index in [4.69, 9.17) is 4.74 Å². The largest absolute Gasteiger partial charge is 0.381 e. The van der Waals surface area contributed by atoms with E-state index in [1.807, 2.05) is 7.05 Å². The number of aryl methyl sites for hydroxylation is 1. The minimum absolute atomic E-state index is 0.622. The van der Waals surface area contributed by atoms with Crippen LogP contribution in [0, 0.1) is 6.92 Å². The average Bonchev–Trinajstić information content (AvgIpc) is 2.56. The zero-order valence-corrected chi connectivity index (χ0v) is 10.4. The van der Waals surface area contributed by atoms with Gasteiger partial charge < -0.3 is 10.1 Å². The molecule has 4 heteroatoms. The normalized spacial score (nSPS) is 17.9. The fraction of sp³-hybridized carbons (Fsp3) is 0.750. The van der Waals surface area contributed by atoms with Gasteiger partial charge in [0.05, 0.1) is 5.69 Å². The van der Waals surface area contributed by atoms with Gasteiger partial charge in [0.1, 0.15) is 0 Å². The first-order valence-electron chi connectivity index (χ1n) is 5.98. The molecule has 0 saturated carbocycles. The van der Waals surface area contributed by atoms with Gasteiger partial charge >= 0.3 is 0 Å². The summed E-state index contributed by atoms with van der Waals surface area (Å²) >= 11 is 0. The van der Waals surface area contributed by atoms with Crippen molar-refractivity contribution < 1.29 is 4.74 Å². The molecule has 16 heavy (non-hydrogen) atoms. The summed E-state index contributed by atoms with van der Waals surface area (Å²) in [6.07, 6.45) is 2.25. The van der Waals surface area contributed by atoms with E-state index < -0.39 is 0 Å². The third-order valence-electron chi connectivity index (χ3n) is 3.39. The number of hydrogen-bond donors (Lipinski definition) is 1. The molecule has 1 fully saturated rings. The number of nitrogens with zero attached hydrogens (tertiary/aromatic N) is 2. The van der Waals surface area contributed by atoms with Crippen LogP contribution in [0.5, 0.6) is 0 Å². The molecule has 1 aromatic heterocycles. The Bertz CT molecular complexity index is 353. The molecule has 1 aliphatic heterocycles. The van der Waals surface area contributed by atoms with Gasteiger partial charge in [-0.15, -0.1) is 0 Å². The van der Waals surface area contributed by atoms with Gasteiger partial charge in [-0.05, 0) is 32.4 Å². The lowest BCUT2D eigenvalue weighted by Gasteiger charge is -2.23. The minimum atomic E-state index is 0.622. The highest BCUT2D eigenvalue weighted by Crippen LogP contribution is 2.30. The van der Waals surface area contributed by atoms with E-state index in [1.54, 1.807) is 0 Å². The van der Waals surface area contributed by atoms with E-state index in [0.717, 1.165) is 32.6 Å². The molecule has 2 rings (SSSR count). The molecule has 0 bridgehead atoms. The van der Waals surface area contributed by atoms with Gasteiger partial charge in [-0.25, -0.2) is 0 Å². The highest BCUT2D eigenvalue weighted by molar-refractivity contribution is 5.28. The second kappa shape index (κ2) is 4.97. The fourth-order valence-electron chi connectivity index (χ4n) is 2.58. The monoisotopic (exact) mass is 223 g/mol. The fourth-order valence-corrected chi connectivity index (χ4v) is 2.58. The summed E-state index contributed by atoms with van der Waals surface area (Å²) in [5.41, 5.74) is 3.92. The topological polar surface area (TPSA) is 39.1 Å². The molecule has 0 aliphatic carbocycles. The average molecular weight is 223 g/mol. The molecule has 1 aliphatic rings. The number of aromatic nitrogens is 2. The molecule has 0 spiro atoms. The molecule has 1 saturated heterocycles. The van der Waals surface area contributed by atoms with Crippen LogP contribution in [0.2, 0.25) is 0 Å². The second-order valence-electron chi connectivity index (χ2n) is 4.50. The molecule has 1 N–H and O–H groups in total. The first-order valence-corrected chi connectivity index (χ1v) is 5.98. The molecule has 0 atom stereocenters. The van der Waals surface area contributed by atoms with Gasteiger partial charge in [0.15, 0.2) is 0 Å². The third kappa shape index (κ3) is 2.13. The van der Waals surface area contributed by atoms with E-state index in [2.05, 4.69) is 29.1 Å². The van der Waals surface area contributed by atoms with Crippen molar-refractivity contribution >= 4 is 0 Å². The first-order chi connectivity index (χ1) is 7.74. The van der Waals surface area contributed by atoms with Crippen molar-refractivity contribution in [3.05, 3.63) is 17.0 Å². The van der Waals surface area contributed by atoms with E-state index in [-0.39, 0.29) is 0 Å². The Labute approximate surface area is 97.0 Å². The SMILES string of the molecule is CNCc1nn(C)c(C2CCOCC2)c1C. The smallest absolute Gasteiger partial charge is 0.0794 e. The summed E-state index contributed by atoms with van der Waals surface area (Å²) in [5.74, 6) is 0.622. The molecule has 0 radical (unpaired) electrons. The van der Waals surface area contributed by atoms with Crippen molar-refractivity contribution in [2.75, 3.05) is 20.3 Å². The van der Waals surface area contributed by atoms with Crippen LogP contribution in [0.1, 0.15) is 35.7 Å². The van der Waals surface area contributed by atoms with Crippen LogP contribution in [0.4, 0.5) is 0 Å². The lowest BCUT2D eigenvalue weighted by molar-refractivity contribution is 0.0836. The zero-order valence-electron chi connectivity index (χ0n) is 10.4. The Morgan fingerprint density at radius 3 is 2.75 bits per heavy atom. The van der Waals surface area contributed by atoms with E-state index >= 15 is 0 Å². The van der Waals surface area contributed by atoms with Crippen LogP contribution >= 0.6 is 0 Å². The summed E-state index contributed by atoms with van der Waals surface area (Å²) < 4.78 is 7.47. The van der Waals surface area contributed by atoms with Crippen molar-refractivity contribution in [3.63, 3.8) is 0 Å². The van der Waals surface area contributed by atoms with Crippen LogP contribution < -0.4 is 5.32 Å². The zero-order chi connectivity index (χ0) is 11.5. The van der Waals surface area contributed by atoms with Crippen LogP contribution in [-0.4, -0.2) is 30.0 Å². The Morgan fingerprint density at radius 1 is 1.44 bits per heavy atom. The van der Waals surface area contributed by atoms with Gasteiger partial charge in [-0.2, -0.15) is 5.10 Å². The standard InChI is InChI=1S/C12H21N3O/c1-9-11(8-13-2)14-15(3)12(9)10-4-6-16-7-5-10/h10,13H,4-8H2,1-3H3. The van der Waals surface area contributed by atoms with Crippen LogP contribution in [0.15, 0.2) is 0 Å². The Kier molecular flexibility index (Phi) is 3.61. The van der Waals surface area contributed by atoms with E-state index in [1.165, 1.54) is 17.0 Å². The summed E-state index contributed by atoms with van der Waals surface area (Å²) in [4.78, 5) is 0. The number of nitrogens with one attached hydrogen (secondary N) is 1. The number of hydrogen-bond acceptors (Lipinski definition) is 3. The van der Waals surface area contributed by atoms with Crippen LogP contribution in [-0.2, 0) is 18.3 Å². The summed E-state index contributed by atoms with van der Waals surface area (Å²) in [7, 11) is 4.01. The van der Waals surface area contributed by atoms with Crippen molar-refractivity contribution in [1.82, 2.24) is 15.1 Å². The van der Waals surface area contributed by atoms with Crippen molar-refractivity contribution in [1.29, 1.82) is 0 Å². The maximum Gasteiger partial charge on any atom is 0.0794 e. The summed E-state index contributed by atoms with van der Waals surface area (Å²) in [6, 6.07) is 0. The lowest BCUT2D eigenvalue weighted by Crippen LogP contribution is -2.17. The maximum atomic E-state index is 5.41. The molecule has 0 amide bonds. The number of rotatable bonds is 3. The number of ether oxygens (including phenoxy) is 1. The molecule has 1 aromatic rings. The molecular formula is C12H21N3O. The minimum Gasteiger partial charge on any atom is -0.381 e. The third-order valence-corrected chi connectivity index (χ3v) is 3.39. The lowest BCUT2D eigenvalue weighted by atomic mass is 9.93. The summed E-state index contributed by atoms with van der Waals surface area (Å²) in [5, 5.41) is 7.76. The molecule has 0 unspecified atom stereocenters. The Morgan fingerprint density at radius 2 is 2.12 bits per heavy atom.